The zero-order chi connectivity index (χ0) is 22.5. The Morgan fingerprint density at radius 2 is 1.84 bits per heavy atom. The lowest BCUT2D eigenvalue weighted by atomic mass is 10.0. The van der Waals surface area contributed by atoms with Crippen molar-refractivity contribution in [3.63, 3.8) is 0 Å². The summed E-state index contributed by atoms with van der Waals surface area (Å²) in [6.45, 7) is 4.73. The largest absolute Gasteiger partial charge is 0.355 e. The van der Waals surface area contributed by atoms with Gasteiger partial charge in [-0.25, -0.2) is 9.78 Å². The van der Waals surface area contributed by atoms with Crippen molar-refractivity contribution in [2.24, 2.45) is 20.0 Å². The fourth-order valence-corrected chi connectivity index (χ4v) is 4.49. The van der Waals surface area contributed by atoms with Gasteiger partial charge in [0.25, 0.3) is 5.56 Å². The van der Waals surface area contributed by atoms with Gasteiger partial charge in [0.15, 0.2) is 0 Å². The van der Waals surface area contributed by atoms with Gasteiger partial charge < -0.3 is 5.32 Å². The fourth-order valence-electron chi connectivity index (χ4n) is 3.47. The van der Waals surface area contributed by atoms with Gasteiger partial charge in [0.2, 0.25) is 5.91 Å². The lowest BCUT2D eigenvalue weighted by Gasteiger charge is -2.15. The van der Waals surface area contributed by atoms with Crippen LogP contribution in [0.25, 0.3) is 11.0 Å². The van der Waals surface area contributed by atoms with E-state index in [-0.39, 0.29) is 17.2 Å². The molecule has 3 rings (SSSR count). The van der Waals surface area contributed by atoms with E-state index in [2.05, 4.69) is 24.1 Å². The van der Waals surface area contributed by atoms with Gasteiger partial charge in [0.1, 0.15) is 5.65 Å². The Morgan fingerprint density at radius 1 is 1.13 bits per heavy atom. The van der Waals surface area contributed by atoms with Crippen LogP contribution in [0.1, 0.15) is 25.0 Å². The van der Waals surface area contributed by atoms with Crippen molar-refractivity contribution < 1.29 is 4.79 Å². The summed E-state index contributed by atoms with van der Waals surface area (Å²) in [4.78, 5) is 42.8. The summed E-state index contributed by atoms with van der Waals surface area (Å²) in [5.74, 6) is 0.447. The molecule has 7 nitrogen and oxygen atoms in total. The molecule has 0 spiro atoms. The van der Waals surface area contributed by atoms with Crippen LogP contribution >= 0.6 is 11.8 Å². The maximum absolute atomic E-state index is 12.9. The van der Waals surface area contributed by atoms with Crippen LogP contribution in [0.15, 0.2) is 51.0 Å². The van der Waals surface area contributed by atoms with Crippen LogP contribution in [0, 0.1) is 5.92 Å². The third kappa shape index (κ3) is 5.25. The molecule has 0 saturated carbocycles. The van der Waals surface area contributed by atoms with E-state index < -0.39 is 5.69 Å². The molecule has 0 saturated heterocycles. The summed E-state index contributed by atoms with van der Waals surface area (Å²) in [5.41, 5.74) is 1.62. The van der Waals surface area contributed by atoms with Gasteiger partial charge in [-0.05, 0) is 29.9 Å². The van der Waals surface area contributed by atoms with Crippen molar-refractivity contribution in [2.75, 3.05) is 12.3 Å². The highest BCUT2D eigenvalue weighted by molar-refractivity contribution is 8.00. The van der Waals surface area contributed by atoms with Gasteiger partial charge in [-0.2, -0.15) is 0 Å². The maximum atomic E-state index is 12.9. The molecule has 8 heteroatoms. The van der Waals surface area contributed by atoms with E-state index in [0.717, 1.165) is 27.9 Å². The number of amides is 1. The van der Waals surface area contributed by atoms with E-state index >= 15 is 0 Å². The molecule has 31 heavy (non-hydrogen) atoms. The van der Waals surface area contributed by atoms with E-state index in [9.17, 15) is 14.4 Å². The number of thioether (sulfide) groups is 1. The second-order valence-electron chi connectivity index (χ2n) is 7.99. The first-order valence-corrected chi connectivity index (χ1v) is 11.3. The first kappa shape index (κ1) is 22.8. The predicted octanol–water partition coefficient (Wildman–Crippen LogP) is 2.28. The fraction of sp³-hybridized carbons (Fsp3) is 0.391. The summed E-state index contributed by atoms with van der Waals surface area (Å²) in [5, 5.41) is 3.34. The Kier molecular flexibility index (Phi) is 7.33. The van der Waals surface area contributed by atoms with E-state index in [1.807, 2.05) is 30.3 Å². The standard InChI is InChI=1S/C23H28N4O3S/c1-15(2)12-17-13-25-21-19(22(29)27(4)23(30)26(21)3)20(17)31-14-18(28)24-11-10-16-8-6-5-7-9-16/h5-9,13,15H,10-12,14H2,1-4H3,(H,24,28). The molecule has 0 aliphatic carbocycles. The SMILES string of the molecule is CC(C)Cc1cnc2c(c1SCC(=O)NCCc1ccccc1)c(=O)n(C)c(=O)n2C. The number of benzene rings is 1. The van der Waals surface area contributed by atoms with Crippen LogP contribution in [0.2, 0.25) is 0 Å². The number of nitrogens with zero attached hydrogens (tertiary/aromatic N) is 3. The van der Waals surface area contributed by atoms with Crippen molar-refractivity contribution in [3.05, 3.63) is 68.5 Å². The van der Waals surface area contributed by atoms with Crippen molar-refractivity contribution in [1.29, 1.82) is 0 Å². The second-order valence-corrected chi connectivity index (χ2v) is 8.97. The van der Waals surface area contributed by atoms with E-state index in [0.29, 0.717) is 23.5 Å². The average Bonchev–Trinajstić information content (AvgIpc) is 2.75. The molecular formula is C23H28N4O3S. The molecule has 2 aromatic heterocycles. The first-order valence-electron chi connectivity index (χ1n) is 10.3. The third-order valence-electron chi connectivity index (χ3n) is 5.05. The number of hydrogen-bond donors (Lipinski definition) is 1. The number of pyridine rings is 1. The minimum Gasteiger partial charge on any atom is -0.355 e. The highest BCUT2D eigenvalue weighted by Gasteiger charge is 2.19. The van der Waals surface area contributed by atoms with Crippen LogP contribution < -0.4 is 16.6 Å². The van der Waals surface area contributed by atoms with E-state index in [1.54, 1.807) is 13.2 Å². The second kappa shape index (κ2) is 9.96. The summed E-state index contributed by atoms with van der Waals surface area (Å²) >= 11 is 1.33. The number of aromatic nitrogens is 3. The van der Waals surface area contributed by atoms with Crippen LogP contribution in [-0.2, 0) is 31.7 Å². The number of nitrogens with one attached hydrogen (secondary N) is 1. The van der Waals surface area contributed by atoms with Gasteiger partial charge in [0.05, 0.1) is 11.1 Å². The molecule has 0 aliphatic rings. The molecule has 0 bridgehead atoms. The van der Waals surface area contributed by atoms with E-state index in [4.69, 9.17) is 0 Å². The number of carbonyl (C=O) groups excluding carboxylic acids is 1. The quantitative estimate of drug-likeness (QED) is 0.543. The minimum absolute atomic E-state index is 0.0944. The van der Waals surface area contributed by atoms with Gasteiger partial charge in [0, 0.05) is 31.7 Å². The van der Waals surface area contributed by atoms with Crippen molar-refractivity contribution in [2.45, 2.75) is 31.6 Å². The lowest BCUT2D eigenvalue weighted by molar-refractivity contribution is -0.118. The molecule has 0 unspecified atom stereocenters. The minimum atomic E-state index is -0.420. The molecule has 0 atom stereocenters. The Hall–Kier alpha value is -2.87. The van der Waals surface area contributed by atoms with Crippen molar-refractivity contribution in [1.82, 2.24) is 19.4 Å². The van der Waals surface area contributed by atoms with Gasteiger partial charge in [-0.1, -0.05) is 44.2 Å². The molecule has 1 N–H and O–H groups in total. The molecule has 0 aliphatic heterocycles. The van der Waals surface area contributed by atoms with Crippen LogP contribution in [-0.4, -0.2) is 32.3 Å². The smallest absolute Gasteiger partial charge is 0.332 e. The van der Waals surface area contributed by atoms with Crippen LogP contribution in [0.4, 0.5) is 0 Å². The predicted molar refractivity (Wildman–Crippen MR) is 125 cm³/mol. The van der Waals surface area contributed by atoms with Gasteiger partial charge in [-0.15, -0.1) is 11.8 Å². The maximum Gasteiger partial charge on any atom is 0.332 e. The highest BCUT2D eigenvalue weighted by Crippen LogP contribution is 2.29. The summed E-state index contributed by atoms with van der Waals surface area (Å²) in [7, 11) is 3.06. The molecule has 0 fully saturated rings. The number of carbonyl (C=O) groups is 1. The normalized spacial score (nSPS) is 11.3. The summed E-state index contributed by atoms with van der Waals surface area (Å²) in [6.07, 6.45) is 3.21. The zero-order valence-corrected chi connectivity index (χ0v) is 19.2. The lowest BCUT2D eigenvalue weighted by Crippen LogP contribution is -2.37. The summed E-state index contributed by atoms with van der Waals surface area (Å²) in [6, 6.07) is 9.98. The summed E-state index contributed by atoms with van der Waals surface area (Å²) < 4.78 is 2.47. The molecule has 1 amide bonds. The molecular weight excluding hydrogens is 412 g/mol. The molecule has 2 heterocycles. The average molecular weight is 441 g/mol. The van der Waals surface area contributed by atoms with Crippen molar-refractivity contribution in [3.8, 4) is 0 Å². The molecule has 1 aromatic carbocycles. The number of fused-ring (bicyclic) bond motifs is 1. The van der Waals surface area contributed by atoms with Crippen LogP contribution in [0.3, 0.4) is 0 Å². The zero-order valence-electron chi connectivity index (χ0n) is 18.3. The highest BCUT2D eigenvalue weighted by atomic mass is 32.2. The topological polar surface area (TPSA) is 86.0 Å². The number of rotatable bonds is 8. The number of aryl methyl sites for hydroxylation is 1. The Labute approximate surface area is 185 Å². The third-order valence-corrected chi connectivity index (χ3v) is 6.21. The van der Waals surface area contributed by atoms with Gasteiger partial charge >= 0.3 is 5.69 Å². The first-order chi connectivity index (χ1) is 14.8. The van der Waals surface area contributed by atoms with E-state index in [1.165, 1.54) is 28.9 Å². The Bertz CT molecular complexity index is 1200. The Balaban J connectivity index is 1.84. The number of hydrogen-bond acceptors (Lipinski definition) is 5. The monoisotopic (exact) mass is 440 g/mol. The van der Waals surface area contributed by atoms with Crippen LogP contribution in [0.5, 0.6) is 0 Å². The van der Waals surface area contributed by atoms with Gasteiger partial charge in [-0.3, -0.25) is 18.7 Å². The Morgan fingerprint density at radius 3 is 2.52 bits per heavy atom. The molecule has 3 aromatic rings. The molecule has 164 valence electrons. The molecule has 0 radical (unpaired) electrons. The van der Waals surface area contributed by atoms with Crippen molar-refractivity contribution >= 4 is 28.7 Å².